The quantitative estimate of drug-likeness (QED) is 0.415. The summed E-state index contributed by atoms with van der Waals surface area (Å²) in [6.45, 7) is 2.71. The zero-order valence-corrected chi connectivity index (χ0v) is 19.9. The second-order valence-electron chi connectivity index (χ2n) is 7.87. The number of halogens is 2. The van der Waals surface area contributed by atoms with Gasteiger partial charge in [0.1, 0.15) is 12.4 Å². The zero-order valence-electron chi connectivity index (χ0n) is 18.4. The maximum Gasteiger partial charge on any atom is 0.251 e. The molecule has 4 rings (SSSR count). The Bertz CT molecular complexity index is 1080. The highest BCUT2D eigenvalue weighted by molar-refractivity contribution is 6.35. The standard InChI is InChI=1S/C25H26Cl2N2O4/c1-31-24-13-17(7-9-23(24)33-16-18-6-8-19(26)14-20(18)27)25(30)28-15-21(22-5-4-12-32-22)29-10-2-3-11-29/h4-9,12-14,21H,2-3,10-11,15-16H2,1H3,(H,28,30)/t21-/m0/s1. The predicted octanol–water partition coefficient (Wildman–Crippen LogP) is 5.74. The van der Waals surface area contributed by atoms with Gasteiger partial charge >= 0.3 is 0 Å². The van der Waals surface area contributed by atoms with Crippen LogP contribution < -0.4 is 14.8 Å². The van der Waals surface area contributed by atoms with E-state index >= 15 is 0 Å². The number of rotatable bonds is 9. The molecule has 0 saturated carbocycles. The first-order chi connectivity index (χ1) is 16.0. The van der Waals surface area contributed by atoms with Crippen molar-refractivity contribution >= 4 is 29.1 Å². The van der Waals surface area contributed by atoms with Gasteiger partial charge in [0.2, 0.25) is 0 Å². The monoisotopic (exact) mass is 488 g/mol. The van der Waals surface area contributed by atoms with E-state index in [1.165, 1.54) is 0 Å². The normalized spacial score (nSPS) is 14.8. The summed E-state index contributed by atoms with van der Waals surface area (Å²) in [5.74, 6) is 1.66. The molecule has 33 heavy (non-hydrogen) atoms. The molecule has 1 aromatic heterocycles. The molecule has 1 aliphatic rings. The van der Waals surface area contributed by atoms with E-state index in [1.807, 2.05) is 18.2 Å². The summed E-state index contributed by atoms with van der Waals surface area (Å²) in [6.07, 6.45) is 3.98. The molecular weight excluding hydrogens is 463 g/mol. The van der Waals surface area contributed by atoms with E-state index in [1.54, 1.807) is 43.7 Å². The lowest BCUT2D eigenvalue weighted by Crippen LogP contribution is -2.36. The Morgan fingerprint density at radius 2 is 1.94 bits per heavy atom. The van der Waals surface area contributed by atoms with Crippen molar-refractivity contribution in [3.63, 3.8) is 0 Å². The number of furan rings is 1. The molecule has 1 atom stereocenters. The van der Waals surface area contributed by atoms with Crippen LogP contribution in [0.4, 0.5) is 0 Å². The van der Waals surface area contributed by atoms with Gasteiger partial charge in [-0.3, -0.25) is 9.69 Å². The molecule has 1 fully saturated rings. The van der Waals surface area contributed by atoms with Crippen molar-refractivity contribution in [1.82, 2.24) is 10.2 Å². The van der Waals surface area contributed by atoms with Gasteiger partial charge in [0.15, 0.2) is 11.5 Å². The number of ether oxygens (including phenoxy) is 2. The first-order valence-electron chi connectivity index (χ1n) is 10.9. The van der Waals surface area contributed by atoms with E-state index in [4.69, 9.17) is 37.1 Å². The molecule has 1 aliphatic heterocycles. The number of likely N-dealkylation sites (tertiary alicyclic amines) is 1. The number of carbonyl (C=O) groups is 1. The average molecular weight is 489 g/mol. The van der Waals surface area contributed by atoms with Crippen LogP contribution in [0, 0.1) is 0 Å². The maximum absolute atomic E-state index is 12.9. The highest BCUT2D eigenvalue weighted by Crippen LogP contribution is 2.30. The average Bonchev–Trinajstić information content (AvgIpc) is 3.54. The van der Waals surface area contributed by atoms with E-state index in [-0.39, 0.29) is 18.6 Å². The highest BCUT2D eigenvalue weighted by atomic mass is 35.5. The number of hydrogen-bond donors (Lipinski definition) is 1. The van der Waals surface area contributed by atoms with E-state index < -0.39 is 0 Å². The summed E-state index contributed by atoms with van der Waals surface area (Å²) in [4.78, 5) is 15.2. The van der Waals surface area contributed by atoms with Gasteiger partial charge in [0, 0.05) is 27.7 Å². The molecule has 0 spiro atoms. The lowest BCUT2D eigenvalue weighted by molar-refractivity contribution is 0.0933. The summed E-state index contributed by atoms with van der Waals surface area (Å²) >= 11 is 12.2. The van der Waals surface area contributed by atoms with Gasteiger partial charge in [0.05, 0.1) is 19.4 Å². The van der Waals surface area contributed by atoms with Gasteiger partial charge in [-0.25, -0.2) is 0 Å². The smallest absolute Gasteiger partial charge is 0.251 e. The van der Waals surface area contributed by atoms with Gasteiger partial charge < -0.3 is 19.2 Å². The molecule has 3 aromatic rings. The zero-order chi connectivity index (χ0) is 23.2. The third kappa shape index (κ3) is 5.82. The molecule has 0 unspecified atom stereocenters. The summed E-state index contributed by atoms with van der Waals surface area (Å²) in [5, 5.41) is 4.13. The third-order valence-electron chi connectivity index (χ3n) is 5.73. The molecular formula is C25H26Cl2N2O4. The fraction of sp³-hybridized carbons (Fsp3) is 0.320. The van der Waals surface area contributed by atoms with Crippen LogP contribution in [0.3, 0.4) is 0 Å². The van der Waals surface area contributed by atoms with Crippen LogP contribution in [0.25, 0.3) is 0 Å². The van der Waals surface area contributed by atoms with Crippen molar-refractivity contribution in [2.24, 2.45) is 0 Å². The Morgan fingerprint density at radius 1 is 1.12 bits per heavy atom. The first-order valence-corrected chi connectivity index (χ1v) is 11.6. The molecule has 0 bridgehead atoms. The van der Waals surface area contributed by atoms with Crippen molar-refractivity contribution in [1.29, 1.82) is 0 Å². The van der Waals surface area contributed by atoms with Crippen molar-refractivity contribution < 1.29 is 18.7 Å². The fourth-order valence-electron chi connectivity index (χ4n) is 3.96. The molecule has 6 nitrogen and oxygen atoms in total. The molecule has 1 N–H and O–H groups in total. The number of amides is 1. The largest absolute Gasteiger partial charge is 0.493 e. The van der Waals surface area contributed by atoms with Gasteiger partial charge in [-0.05, 0) is 68.4 Å². The minimum atomic E-state index is -0.184. The first kappa shape index (κ1) is 23.5. The van der Waals surface area contributed by atoms with Crippen LogP contribution in [-0.2, 0) is 6.61 Å². The second kappa shape index (κ2) is 11.0. The Balaban J connectivity index is 1.41. The summed E-state index contributed by atoms with van der Waals surface area (Å²) in [7, 11) is 1.54. The van der Waals surface area contributed by atoms with Crippen molar-refractivity contribution in [3.8, 4) is 11.5 Å². The van der Waals surface area contributed by atoms with Gasteiger partial charge in [0.25, 0.3) is 5.91 Å². The Morgan fingerprint density at radius 3 is 2.64 bits per heavy atom. The molecule has 8 heteroatoms. The lowest BCUT2D eigenvalue weighted by Gasteiger charge is -2.26. The fourth-order valence-corrected chi connectivity index (χ4v) is 4.42. The number of nitrogens with zero attached hydrogens (tertiary/aromatic N) is 1. The molecule has 2 heterocycles. The van der Waals surface area contributed by atoms with Crippen LogP contribution >= 0.6 is 23.2 Å². The van der Waals surface area contributed by atoms with E-state index in [2.05, 4.69) is 10.2 Å². The van der Waals surface area contributed by atoms with E-state index in [0.717, 1.165) is 37.3 Å². The van der Waals surface area contributed by atoms with Crippen LogP contribution in [-0.4, -0.2) is 37.6 Å². The molecule has 1 amide bonds. The molecule has 0 radical (unpaired) electrons. The summed E-state index contributed by atoms with van der Waals surface area (Å²) in [6, 6.07) is 14.2. The van der Waals surface area contributed by atoms with Crippen LogP contribution in [0.1, 0.15) is 40.6 Å². The minimum absolute atomic E-state index is 0.0140. The van der Waals surface area contributed by atoms with Crippen molar-refractivity contribution in [2.45, 2.75) is 25.5 Å². The van der Waals surface area contributed by atoms with E-state index in [9.17, 15) is 4.79 Å². The van der Waals surface area contributed by atoms with Crippen molar-refractivity contribution in [2.75, 3.05) is 26.7 Å². The molecule has 1 saturated heterocycles. The third-order valence-corrected chi connectivity index (χ3v) is 6.32. The van der Waals surface area contributed by atoms with Gasteiger partial charge in [-0.1, -0.05) is 29.3 Å². The molecule has 2 aromatic carbocycles. The van der Waals surface area contributed by atoms with Crippen molar-refractivity contribution in [3.05, 3.63) is 81.7 Å². The Hall–Kier alpha value is -2.67. The predicted molar refractivity (Wildman–Crippen MR) is 128 cm³/mol. The van der Waals surface area contributed by atoms with E-state index in [0.29, 0.717) is 33.7 Å². The van der Waals surface area contributed by atoms with Crippen LogP contribution in [0.5, 0.6) is 11.5 Å². The number of benzene rings is 2. The highest BCUT2D eigenvalue weighted by Gasteiger charge is 2.26. The van der Waals surface area contributed by atoms with Gasteiger partial charge in [-0.15, -0.1) is 0 Å². The second-order valence-corrected chi connectivity index (χ2v) is 8.72. The summed E-state index contributed by atoms with van der Waals surface area (Å²) < 4.78 is 17.0. The Labute approximate surface area is 203 Å². The summed E-state index contributed by atoms with van der Waals surface area (Å²) in [5.41, 5.74) is 1.29. The molecule has 0 aliphatic carbocycles. The topological polar surface area (TPSA) is 63.9 Å². The maximum atomic E-state index is 12.9. The number of methoxy groups -OCH3 is 1. The SMILES string of the molecule is COc1cc(C(=O)NC[C@@H](c2ccco2)N2CCCC2)ccc1OCc1ccc(Cl)cc1Cl. The van der Waals surface area contributed by atoms with Gasteiger partial charge in [-0.2, -0.15) is 0 Å². The minimum Gasteiger partial charge on any atom is -0.493 e. The number of hydrogen-bond acceptors (Lipinski definition) is 5. The Kier molecular flexibility index (Phi) is 7.81. The van der Waals surface area contributed by atoms with Crippen LogP contribution in [0.2, 0.25) is 10.0 Å². The van der Waals surface area contributed by atoms with Crippen LogP contribution in [0.15, 0.2) is 59.2 Å². The number of carbonyl (C=O) groups excluding carboxylic acids is 1. The number of nitrogens with one attached hydrogen (secondary N) is 1. The molecule has 174 valence electrons. The lowest BCUT2D eigenvalue weighted by atomic mass is 10.1.